The van der Waals surface area contributed by atoms with E-state index in [0.29, 0.717) is 0 Å². The van der Waals surface area contributed by atoms with Crippen LogP contribution in [0.15, 0.2) is 42.6 Å². The van der Waals surface area contributed by atoms with E-state index in [1.165, 1.54) is 24.3 Å². The van der Waals surface area contributed by atoms with Crippen molar-refractivity contribution < 1.29 is 54.2 Å². The molecule has 5 N–H and O–H groups in total. The summed E-state index contributed by atoms with van der Waals surface area (Å²) in [6.07, 6.45) is 0.725. The van der Waals surface area contributed by atoms with Crippen LogP contribution in [0.5, 0.6) is 11.5 Å². The van der Waals surface area contributed by atoms with Gasteiger partial charge in [0.15, 0.2) is 4.98 Å². The molecule has 0 unspecified atom stereocenters. The third-order valence-corrected chi connectivity index (χ3v) is 5.15. The van der Waals surface area contributed by atoms with Crippen LogP contribution in [-0.2, 0) is 19.2 Å². The van der Waals surface area contributed by atoms with Crippen molar-refractivity contribution in [3.05, 3.63) is 58.7 Å². The number of hydrogen-bond acceptors (Lipinski definition) is 10. The third-order valence-electron chi connectivity index (χ3n) is 5.15. The molecule has 212 valence electrons. The van der Waals surface area contributed by atoms with Crippen molar-refractivity contribution in [3.63, 3.8) is 0 Å². The Kier molecular flexibility index (Phi) is 11.1. The number of aliphatic hydroxyl groups excluding tert-OH is 1. The Morgan fingerprint density at radius 2 is 1.30 bits per heavy atom. The van der Waals surface area contributed by atoms with Crippen LogP contribution in [0.1, 0.15) is 11.1 Å². The first-order valence-electron chi connectivity index (χ1n) is 11.5. The van der Waals surface area contributed by atoms with Gasteiger partial charge in [0.25, 0.3) is 0 Å². The maximum absolute atomic E-state index is 11.3. The second kappa shape index (κ2) is 14.4. The first-order valence-corrected chi connectivity index (χ1v) is 11.5. The molecule has 0 fully saturated rings. The Bertz CT molecular complexity index is 1300. The van der Waals surface area contributed by atoms with Crippen molar-refractivity contribution in [2.45, 2.75) is 6.92 Å². The summed E-state index contributed by atoms with van der Waals surface area (Å²) in [6.45, 7) is -1.03. The number of rotatable bonds is 16. The monoisotopic (exact) mass is 559 g/mol. The number of nitrogens with zero attached hydrogens (tertiary/aromatic N) is 4. The highest BCUT2D eigenvalue weighted by Gasteiger charge is 2.20. The Balaban J connectivity index is 2.31. The third kappa shape index (κ3) is 9.41. The zero-order chi connectivity index (χ0) is 29.8. The minimum absolute atomic E-state index is 0.0258. The average Bonchev–Trinajstić information content (AvgIpc) is 2.85. The van der Waals surface area contributed by atoms with Crippen molar-refractivity contribution in [2.75, 3.05) is 49.2 Å². The molecule has 0 saturated carbocycles. The molecule has 0 amide bonds. The smallest absolute Gasteiger partial charge is 0.392 e. The molecule has 2 rings (SSSR count). The number of aliphatic carboxylic acids is 4. The molecule has 2 aromatic rings. The molecule has 0 spiro atoms. The van der Waals surface area contributed by atoms with Gasteiger partial charge in [-0.05, 0) is 36.8 Å². The number of anilines is 2. The van der Waals surface area contributed by atoms with E-state index < -0.39 is 55.8 Å². The summed E-state index contributed by atoms with van der Waals surface area (Å²) in [5.41, 5.74) is 1.16. The summed E-state index contributed by atoms with van der Waals surface area (Å²) in [4.78, 5) is 49.9. The highest BCUT2D eigenvalue weighted by atomic mass is 16.5. The van der Waals surface area contributed by atoms with Crippen LogP contribution < -0.4 is 19.3 Å². The van der Waals surface area contributed by atoms with Crippen LogP contribution in [0.4, 0.5) is 11.4 Å². The number of aryl methyl sites for hydroxylation is 1. The van der Waals surface area contributed by atoms with Gasteiger partial charge in [-0.1, -0.05) is 6.07 Å². The van der Waals surface area contributed by atoms with Gasteiger partial charge in [0.1, 0.15) is 50.9 Å². The van der Waals surface area contributed by atoms with Crippen LogP contribution >= 0.6 is 0 Å². The molecule has 0 aliphatic heterocycles. The summed E-state index contributed by atoms with van der Waals surface area (Å²) < 4.78 is 11.5. The highest BCUT2D eigenvalue weighted by molar-refractivity contribution is 5.82. The second-order valence-corrected chi connectivity index (χ2v) is 8.27. The second-order valence-electron chi connectivity index (χ2n) is 8.27. The molecule has 0 saturated heterocycles. The Morgan fingerprint density at radius 3 is 1.82 bits per heavy atom. The number of hydrogen-bond donors (Lipinski definition) is 5. The molecule has 40 heavy (non-hydrogen) atoms. The number of carbonyl (C=O) groups is 4. The first kappa shape index (κ1) is 30.7. The summed E-state index contributed by atoms with van der Waals surface area (Å²) in [5, 5.41) is 55.7. The lowest BCUT2D eigenvalue weighted by molar-refractivity contribution is -0.138. The molecule has 0 aromatic heterocycles. The van der Waals surface area contributed by atoms with Crippen molar-refractivity contribution in [1.82, 2.24) is 0 Å². The van der Waals surface area contributed by atoms with Crippen LogP contribution in [0.2, 0.25) is 0 Å². The van der Waals surface area contributed by atoms with Crippen LogP contribution in [0, 0.1) is 12.3 Å². The first-order chi connectivity index (χ1) is 18.9. The van der Waals surface area contributed by atoms with Gasteiger partial charge in [0.05, 0.1) is 11.3 Å². The standard InChI is InChI=1S/C25H26N4O11/c1-15-2-5-18(29(13-24(35)36)14-25(37)38)21(8-15)40-7-6-39-20-9-16(3-4-17(20)19(30)10-27-26)28(11-22(31)32)12-23(33)34/h2-5,8-10H,6-7,11-14H2,1H3,(H4-,30,31,32,33,34,35,36,37,38)/p+1/b19-10+. The topological polar surface area (TPSA) is 223 Å². The van der Waals surface area contributed by atoms with E-state index >= 15 is 0 Å². The lowest BCUT2D eigenvalue weighted by Crippen LogP contribution is -2.34. The molecule has 0 bridgehead atoms. The fraction of sp³-hybridized carbons (Fsp3) is 0.280. The van der Waals surface area contributed by atoms with E-state index in [9.17, 15) is 34.5 Å². The van der Waals surface area contributed by atoms with Crippen molar-refractivity contribution in [1.29, 1.82) is 5.39 Å². The van der Waals surface area contributed by atoms with Gasteiger partial charge in [-0.15, -0.1) is 0 Å². The molecular weight excluding hydrogens is 532 g/mol. The molecule has 0 atom stereocenters. The fourth-order valence-electron chi connectivity index (χ4n) is 3.58. The number of carboxylic acid groups (broad SMARTS) is 4. The van der Waals surface area contributed by atoms with Crippen molar-refractivity contribution in [3.8, 4) is 11.5 Å². The van der Waals surface area contributed by atoms with E-state index in [4.69, 9.17) is 25.1 Å². The van der Waals surface area contributed by atoms with Crippen LogP contribution in [-0.4, -0.2) is 88.8 Å². The van der Waals surface area contributed by atoms with Gasteiger partial charge in [0, 0.05) is 11.8 Å². The normalized spacial score (nSPS) is 10.8. The van der Waals surface area contributed by atoms with E-state index in [-0.39, 0.29) is 41.7 Å². The molecule has 15 heteroatoms. The number of ether oxygens (including phenoxy) is 2. The van der Waals surface area contributed by atoms with E-state index in [1.54, 1.807) is 19.1 Å². The molecule has 2 aromatic carbocycles. The lowest BCUT2D eigenvalue weighted by atomic mass is 10.1. The number of benzene rings is 2. The van der Waals surface area contributed by atoms with Gasteiger partial charge in [0.2, 0.25) is 11.2 Å². The number of aliphatic hydroxyl groups is 1. The molecular formula is C25H27N4O11+. The van der Waals surface area contributed by atoms with Crippen molar-refractivity contribution in [2.24, 2.45) is 0 Å². The molecule has 0 aliphatic rings. The molecule has 0 radical (unpaired) electrons. The Morgan fingerprint density at radius 1 is 0.775 bits per heavy atom. The van der Waals surface area contributed by atoms with Crippen LogP contribution in [0.25, 0.3) is 10.7 Å². The average molecular weight is 560 g/mol. The largest absolute Gasteiger partial charge is 0.501 e. The highest BCUT2D eigenvalue weighted by Crippen LogP contribution is 2.32. The minimum Gasteiger partial charge on any atom is -0.501 e. The van der Waals surface area contributed by atoms with Gasteiger partial charge in [-0.3, -0.25) is 19.2 Å². The zero-order valence-corrected chi connectivity index (χ0v) is 21.3. The Labute approximate surface area is 227 Å². The summed E-state index contributed by atoms with van der Waals surface area (Å²) in [6, 6.07) is 8.74. The number of diazo groups is 1. The SMILES string of the molecule is Cc1ccc(N(CC(=O)O)CC(=O)O)c(OCCOc2cc(N(CC(=O)O)CC(=O)O)ccc2/C(O)=C\[N+]#N)c1. The maximum Gasteiger partial charge on any atom is 0.392 e. The predicted octanol–water partition coefficient (Wildman–Crippen LogP) is 2.11. The summed E-state index contributed by atoms with van der Waals surface area (Å²) in [7, 11) is 0. The predicted molar refractivity (Wildman–Crippen MR) is 139 cm³/mol. The minimum atomic E-state index is -1.28. The fourth-order valence-corrected chi connectivity index (χ4v) is 3.58. The zero-order valence-electron chi connectivity index (χ0n) is 21.3. The van der Waals surface area contributed by atoms with Gasteiger partial charge >= 0.3 is 30.1 Å². The molecule has 0 heterocycles. The van der Waals surface area contributed by atoms with E-state index in [1.807, 2.05) is 0 Å². The van der Waals surface area contributed by atoms with Gasteiger partial charge in [-0.25, -0.2) is 0 Å². The van der Waals surface area contributed by atoms with E-state index in [2.05, 4.69) is 4.98 Å². The van der Waals surface area contributed by atoms with E-state index in [0.717, 1.165) is 21.6 Å². The van der Waals surface area contributed by atoms with Gasteiger partial charge < -0.3 is 44.8 Å². The Hall–Kier alpha value is -5.52. The number of carboxylic acids is 4. The quantitative estimate of drug-likeness (QED) is 0.113. The lowest BCUT2D eigenvalue weighted by Gasteiger charge is -2.24. The van der Waals surface area contributed by atoms with Gasteiger partial charge in [-0.2, -0.15) is 0 Å². The summed E-state index contributed by atoms with van der Waals surface area (Å²) >= 11 is 0. The van der Waals surface area contributed by atoms with Crippen molar-refractivity contribution >= 4 is 41.0 Å². The van der Waals surface area contributed by atoms with Crippen LogP contribution in [0.3, 0.4) is 0 Å². The summed E-state index contributed by atoms with van der Waals surface area (Å²) in [5.74, 6) is -5.39. The molecule has 15 nitrogen and oxygen atoms in total. The molecule has 0 aliphatic carbocycles. The maximum atomic E-state index is 11.3.